The molecule has 3 aromatic rings. The number of hydrogen-bond donors (Lipinski definition) is 1. The maximum absolute atomic E-state index is 13.1. The first-order valence-corrected chi connectivity index (χ1v) is 10.1. The molecule has 7 heteroatoms. The summed E-state index contributed by atoms with van der Waals surface area (Å²) in [6, 6.07) is 8.99. The molecule has 1 aromatic carbocycles. The highest BCUT2D eigenvalue weighted by atomic mass is 35.5. The molecule has 0 fully saturated rings. The number of hydrogen-bond acceptors (Lipinski definition) is 3. The lowest BCUT2D eigenvalue weighted by molar-refractivity contribution is 0.0945. The molecular weight excluding hydrogens is 397 g/mol. The molecule has 0 aliphatic rings. The maximum Gasteiger partial charge on any atom is 0.255 e. The van der Waals surface area contributed by atoms with Crippen LogP contribution in [-0.4, -0.2) is 15.7 Å². The number of aryl methyl sites for hydroxylation is 1. The second-order valence-electron chi connectivity index (χ2n) is 6.88. The Labute approximate surface area is 174 Å². The molecule has 0 saturated heterocycles. The van der Waals surface area contributed by atoms with Gasteiger partial charge in [0.25, 0.3) is 5.91 Å². The molecule has 0 saturated carbocycles. The first-order chi connectivity index (χ1) is 13.4. The molecule has 1 amide bonds. The number of aromatic nitrogens is 2. The Bertz CT molecular complexity index is 962. The van der Waals surface area contributed by atoms with Gasteiger partial charge in [0.2, 0.25) is 0 Å². The fourth-order valence-corrected chi connectivity index (χ4v) is 3.45. The monoisotopic (exact) mass is 419 g/mol. The third kappa shape index (κ3) is 4.26. The first-order valence-electron chi connectivity index (χ1n) is 9.30. The Kier molecular flexibility index (Phi) is 6.47. The number of nitrogens with one attached hydrogen (secondary N) is 1. The van der Waals surface area contributed by atoms with Crippen LogP contribution in [0.1, 0.15) is 60.6 Å². The number of benzene rings is 1. The molecule has 0 aliphatic carbocycles. The zero-order chi connectivity index (χ0) is 20.3. The van der Waals surface area contributed by atoms with E-state index in [0.717, 1.165) is 23.5 Å². The van der Waals surface area contributed by atoms with Crippen LogP contribution in [0.2, 0.25) is 10.0 Å². The van der Waals surface area contributed by atoms with Gasteiger partial charge in [0.05, 0.1) is 45.5 Å². The van der Waals surface area contributed by atoms with Crippen molar-refractivity contribution in [2.24, 2.45) is 0 Å². The van der Waals surface area contributed by atoms with Crippen LogP contribution in [0.15, 0.2) is 41.0 Å². The highest BCUT2D eigenvalue weighted by Gasteiger charge is 2.26. The second kappa shape index (κ2) is 8.84. The average Bonchev–Trinajstić information content (AvgIpc) is 3.30. The van der Waals surface area contributed by atoms with Crippen molar-refractivity contribution < 1.29 is 9.21 Å². The van der Waals surface area contributed by atoms with Gasteiger partial charge in [0.15, 0.2) is 0 Å². The van der Waals surface area contributed by atoms with Crippen LogP contribution in [0.3, 0.4) is 0 Å². The molecule has 0 spiro atoms. The van der Waals surface area contributed by atoms with Gasteiger partial charge in [-0.3, -0.25) is 4.79 Å². The Morgan fingerprint density at radius 1 is 1.25 bits per heavy atom. The number of carbonyl (C=O) groups is 1. The van der Waals surface area contributed by atoms with E-state index in [0.29, 0.717) is 34.3 Å². The summed E-state index contributed by atoms with van der Waals surface area (Å²) in [6.07, 6.45) is 3.18. The quantitative estimate of drug-likeness (QED) is 0.527. The van der Waals surface area contributed by atoms with Gasteiger partial charge in [-0.05, 0) is 42.7 Å². The molecule has 2 heterocycles. The lowest BCUT2D eigenvalue weighted by Gasteiger charge is -2.13. The Hall–Kier alpha value is -2.24. The molecule has 148 valence electrons. The Morgan fingerprint density at radius 2 is 2.04 bits per heavy atom. The fourth-order valence-electron chi connectivity index (χ4n) is 3.15. The molecule has 2 aromatic heterocycles. The average molecular weight is 420 g/mol. The van der Waals surface area contributed by atoms with Crippen molar-refractivity contribution in [2.75, 3.05) is 0 Å². The molecule has 0 radical (unpaired) electrons. The smallest absolute Gasteiger partial charge is 0.255 e. The second-order valence-corrected chi connectivity index (χ2v) is 7.70. The summed E-state index contributed by atoms with van der Waals surface area (Å²) in [5.74, 6) is 0.625. The lowest BCUT2D eigenvalue weighted by atomic mass is 10.0. The largest absolute Gasteiger partial charge is 0.467 e. The van der Waals surface area contributed by atoms with Crippen molar-refractivity contribution >= 4 is 29.1 Å². The van der Waals surface area contributed by atoms with E-state index in [-0.39, 0.29) is 11.8 Å². The van der Waals surface area contributed by atoms with E-state index in [1.54, 1.807) is 29.1 Å². The summed E-state index contributed by atoms with van der Waals surface area (Å²) in [6.45, 7) is 6.48. The Morgan fingerprint density at radius 3 is 2.64 bits per heavy atom. The molecule has 0 atom stereocenters. The third-order valence-corrected chi connectivity index (χ3v) is 5.14. The van der Waals surface area contributed by atoms with E-state index in [9.17, 15) is 4.79 Å². The zero-order valence-electron chi connectivity index (χ0n) is 16.1. The van der Waals surface area contributed by atoms with E-state index >= 15 is 0 Å². The normalized spacial score (nSPS) is 11.2. The van der Waals surface area contributed by atoms with Crippen molar-refractivity contribution in [3.05, 3.63) is 69.4 Å². The van der Waals surface area contributed by atoms with Crippen molar-refractivity contribution in [1.82, 2.24) is 15.1 Å². The van der Waals surface area contributed by atoms with Gasteiger partial charge in [-0.2, -0.15) is 5.10 Å². The van der Waals surface area contributed by atoms with E-state index in [2.05, 4.69) is 12.2 Å². The van der Waals surface area contributed by atoms with Gasteiger partial charge in [-0.15, -0.1) is 0 Å². The highest BCUT2D eigenvalue weighted by Crippen LogP contribution is 2.30. The van der Waals surface area contributed by atoms with Crippen molar-refractivity contribution in [1.29, 1.82) is 0 Å². The van der Waals surface area contributed by atoms with Crippen molar-refractivity contribution in [2.45, 2.75) is 46.1 Å². The van der Waals surface area contributed by atoms with E-state index < -0.39 is 0 Å². The number of furan rings is 1. The zero-order valence-corrected chi connectivity index (χ0v) is 17.6. The van der Waals surface area contributed by atoms with Crippen LogP contribution in [0.5, 0.6) is 0 Å². The summed E-state index contributed by atoms with van der Waals surface area (Å²) in [5.41, 5.74) is 3.02. The van der Waals surface area contributed by atoms with E-state index in [1.807, 2.05) is 26.0 Å². The standard InChI is InChI=1S/C21H23Cl2N3O2/c1-4-6-18-19(21(27)24-12-15-7-5-10-28-15)20(13(2)3)26(25-18)14-8-9-16(22)17(23)11-14/h5,7-11,13H,4,6,12H2,1-3H3,(H,24,27). The fraction of sp³-hybridized carbons (Fsp3) is 0.333. The minimum atomic E-state index is -0.158. The van der Waals surface area contributed by atoms with Crippen molar-refractivity contribution in [3.63, 3.8) is 0 Å². The topological polar surface area (TPSA) is 60.1 Å². The molecular formula is C21H23Cl2N3O2. The molecule has 0 aliphatic heterocycles. The predicted octanol–water partition coefficient (Wildman–Crippen LogP) is 5.78. The summed E-state index contributed by atoms with van der Waals surface area (Å²) in [5, 5.41) is 8.64. The lowest BCUT2D eigenvalue weighted by Crippen LogP contribution is -2.25. The minimum absolute atomic E-state index is 0.0805. The van der Waals surface area contributed by atoms with Gasteiger partial charge < -0.3 is 9.73 Å². The molecule has 1 N–H and O–H groups in total. The number of nitrogens with zero attached hydrogens (tertiary/aromatic N) is 2. The van der Waals surface area contributed by atoms with Gasteiger partial charge in [-0.25, -0.2) is 4.68 Å². The third-order valence-electron chi connectivity index (χ3n) is 4.41. The van der Waals surface area contributed by atoms with Crippen molar-refractivity contribution in [3.8, 4) is 5.69 Å². The molecule has 28 heavy (non-hydrogen) atoms. The molecule has 3 rings (SSSR count). The van der Waals surface area contributed by atoms with Crippen LogP contribution < -0.4 is 5.32 Å². The summed E-state index contributed by atoms with van der Waals surface area (Å²) in [4.78, 5) is 13.1. The number of halogens is 2. The number of amides is 1. The summed E-state index contributed by atoms with van der Waals surface area (Å²) < 4.78 is 7.12. The molecule has 0 unspecified atom stereocenters. The predicted molar refractivity (Wildman–Crippen MR) is 112 cm³/mol. The number of rotatable bonds is 7. The van der Waals surface area contributed by atoms with Crippen LogP contribution >= 0.6 is 23.2 Å². The summed E-state index contributed by atoms with van der Waals surface area (Å²) >= 11 is 12.3. The van der Waals surface area contributed by atoms with Gasteiger partial charge in [0.1, 0.15) is 5.76 Å². The highest BCUT2D eigenvalue weighted by molar-refractivity contribution is 6.42. The van der Waals surface area contributed by atoms with Crippen LogP contribution in [0.4, 0.5) is 0 Å². The van der Waals surface area contributed by atoms with Gasteiger partial charge in [0, 0.05) is 0 Å². The Balaban J connectivity index is 2.05. The van der Waals surface area contributed by atoms with Crippen LogP contribution in [0.25, 0.3) is 5.69 Å². The summed E-state index contributed by atoms with van der Waals surface area (Å²) in [7, 11) is 0. The molecule has 0 bridgehead atoms. The maximum atomic E-state index is 13.1. The minimum Gasteiger partial charge on any atom is -0.467 e. The number of carbonyl (C=O) groups excluding carboxylic acids is 1. The van der Waals surface area contributed by atoms with E-state index in [1.165, 1.54) is 0 Å². The van der Waals surface area contributed by atoms with Gasteiger partial charge >= 0.3 is 0 Å². The first kappa shape index (κ1) is 20.5. The van der Waals surface area contributed by atoms with Gasteiger partial charge in [-0.1, -0.05) is 50.4 Å². The van der Waals surface area contributed by atoms with Crippen LogP contribution in [-0.2, 0) is 13.0 Å². The molecule has 5 nitrogen and oxygen atoms in total. The van der Waals surface area contributed by atoms with Crippen LogP contribution in [0, 0.1) is 0 Å². The van der Waals surface area contributed by atoms with E-state index in [4.69, 9.17) is 32.7 Å². The SMILES string of the molecule is CCCc1nn(-c2ccc(Cl)c(Cl)c2)c(C(C)C)c1C(=O)NCc1ccco1.